The monoisotopic (exact) mass is 345 g/mol. The molecule has 0 fully saturated rings. The van der Waals surface area contributed by atoms with Gasteiger partial charge in [0.15, 0.2) is 5.52 Å². The number of aliphatic hydroxyl groups excluding tert-OH is 1. The molecule has 0 bridgehead atoms. The zero-order chi connectivity index (χ0) is 18.0. The molecule has 3 rings (SSSR count). The Hall–Kier alpha value is -3.60. The number of hydrogen-bond donors (Lipinski definition) is 2. The zero-order valence-corrected chi connectivity index (χ0v) is 12.5. The van der Waals surface area contributed by atoms with Crippen molar-refractivity contribution in [2.24, 2.45) is 0 Å². The Morgan fingerprint density at radius 1 is 1.04 bits per heavy atom. The second kappa shape index (κ2) is 6.49. The quantitative estimate of drug-likeness (QED) is 0.504. The third kappa shape index (κ3) is 3.21. The highest BCUT2D eigenvalue weighted by molar-refractivity contribution is 5.93. The molecule has 0 aliphatic carbocycles. The van der Waals surface area contributed by atoms with Gasteiger partial charge in [-0.25, -0.2) is 4.63 Å². The molecule has 0 aliphatic rings. The van der Waals surface area contributed by atoms with Crippen molar-refractivity contribution in [3.8, 4) is 0 Å². The minimum atomic E-state index is -0.953. The Bertz CT molecular complexity index is 939. The maximum atomic E-state index is 10.9. The minimum Gasteiger partial charge on any atom is -0.387 e. The van der Waals surface area contributed by atoms with Gasteiger partial charge in [0.2, 0.25) is 5.52 Å². The first kappa shape index (κ1) is 16.3. The van der Waals surface area contributed by atoms with E-state index in [1.807, 2.05) is 0 Å². The van der Waals surface area contributed by atoms with E-state index in [1.54, 1.807) is 0 Å². The number of nitrogens with one attached hydrogen (secondary N) is 1. The van der Waals surface area contributed by atoms with Gasteiger partial charge in [0.25, 0.3) is 5.69 Å². The number of rotatable bonds is 6. The van der Waals surface area contributed by atoms with E-state index in [2.05, 4.69) is 20.3 Å². The summed E-state index contributed by atoms with van der Waals surface area (Å²) in [6.45, 7) is 0.0532. The van der Waals surface area contributed by atoms with Crippen LogP contribution < -0.4 is 5.32 Å². The highest BCUT2D eigenvalue weighted by atomic mass is 16.6. The van der Waals surface area contributed by atoms with Gasteiger partial charge in [-0.15, -0.1) is 0 Å². The fourth-order valence-electron chi connectivity index (χ4n) is 2.29. The maximum Gasteiger partial charge on any atom is 0.300 e. The SMILES string of the molecule is O=[N+]([O-])c1ccc(C(O)CNc2ccc([N+](=O)[O-])c3nonc23)cc1. The van der Waals surface area contributed by atoms with Gasteiger partial charge in [-0.3, -0.25) is 20.2 Å². The molecule has 3 aromatic rings. The first-order chi connectivity index (χ1) is 12.0. The molecule has 0 saturated heterocycles. The van der Waals surface area contributed by atoms with E-state index in [9.17, 15) is 25.3 Å². The molecule has 1 unspecified atom stereocenters. The van der Waals surface area contributed by atoms with Crippen molar-refractivity contribution in [2.45, 2.75) is 6.10 Å². The lowest BCUT2D eigenvalue weighted by Gasteiger charge is -2.13. The molecule has 1 heterocycles. The van der Waals surface area contributed by atoms with Crippen molar-refractivity contribution >= 4 is 28.1 Å². The smallest absolute Gasteiger partial charge is 0.300 e. The van der Waals surface area contributed by atoms with Crippen LogP contribution in [0.3, 0.4) is 0 Å². The van der Waals surface area contributed by atoms with Crippen molar-refractivity contribution in [3.05, 3.63) is 62.2 Å². The Labute approximate surface area is 139 Å². The second-order valence-corrected chi connectivity index (χ2v) is 5.10. The molecule has 0 amide bonds. The van der Waals surface area contributed by atoms with E-state index >= 15 is 0 Å². The predicted octanol–water partition coefficient (Wildman–Crippen LogP) is 2.18. The van der Waals surface area contributed by atoms with Crippen LogP contribution in [-0.4, -0.2) is 31.8 Å². The summed E-state index contributed by atoms with van der Waals surface area (Å²) in [7, 11) is 0. The number of benzene rings is 2. The standard InChI is InChI=1S/C14H11N5O6/c20-12(8-1-3-9(4-2-8)18(21)22)7-15-10-5-6-11(19(23)24)14-13(10)16-25-17-14/h1-6,12,15,20H,7H2. The van der Waals surface area contributed by atoms with Crippen LogP contribution in [0.4, 0.5) is 17.1 Å². The molecule has 0 spiro atoms. The summed E-state index contributed by atoms with van der Waals surface area (Å²) in [5.74, 6) is 0. The van der Waals surface area contributed by atoms with Gasteiger partial charge in [0.05, 0.1) is 21.6 Å². The van der Waals surface area contributed by atoms with Crippen molar-refractivity contribution in [1.29, 1.82) is 0 Å². The molecule has 2 aromatic carbocycles. The number of aliphatic hydroxyl groups is 1. The van der Waals surface area contributed by atoms with Gasteiger partial charge in [-0.1, -0.05) is 0 Å². The summed E-state index contributed by atoms with van der Waals surface area (Å²) in [6.07, 6.45) is -0.953. The second-order valence-electron chi connectivity index (χ2n) is 5.10. The fraction of sp³-hybridized carbons (Fsp3) is 0.143. The van der Waals surface area contributed by atoms with Gasteiger partial charge in [-0.2, -0.15) is 0 Å². The average molecular weight is 345 g/mol. The predicted molar refractivity (Wildman–Crippen MR) is 85.0 cm³/mol. The Morgan fingerprint density at radius 3 is 2.36 bits per heavy atom. The van der Waals surface area contributed by atoms with E-state index in [4.69, 9.17) is 0 Å². The zero-order valence-electron chi connectivity index (χ0n) is 12.5. The summed E-state index contributed by atoms with van der Waals surface area (Å²) < 4.78 is 4.55. The number of nitrogens with zero attached hydrogens (tertiary/aromatic N) is 4. The molecule has 1 atom stereocenters. The van der Waals surface area contributed by atoms with Gasteiger partial charge >= 0.3 is 5.69 Å². The lowest BCUT2D eigenvalue weighted by Crippen LogP contribution is -2.12. The van der Waals surface area contributed by atoms with Crippen LogP contribution in [0.2, 0.25) is 0 Å². The van der Waals surface area contributed by atoms with Gasteiger partial charge in [-0.05, 0) is 34.1 Å². The molecule has 11 nitrogen and oxygen atoms in total. The van der Waals surface area contributed by atoms with Gasteiger partial charge in [0, 0.05) is 24.7 Å². The Morgan fingerprint density at radius 2 is 1.72 bits per heavy atom. The molecule has 2 N–H and O–H groups in total. The number of nitro benzene ring substituents is 2. The average Bonchev–Trinajstić information content (AvgIpc) is 3.09. The number of non-ortho nitro benzene ring substituents is 2. The van der Waals surface area contributed by atoms with Crippen LogP contribution in [0.1, 0.15) is 11.7 Å². The van der Waals surface area contributed by atoms with E-state index in [0.717, 1.165) is 0 Å². The molecular formula is C14H11N5O6. The number of fused-ring (bicyclic) bond motifs is 1. The van der Waals surface area contributed by atoms with Crippen LogP contribution in [0.25, 0.3) is 11.0 Å². The summed E-state index contributed by atoms with van der Waals surface area (Å²) >= 11 is 0. The molecule has 0 radical (unpaired) electrons. The van der Waals surface area contributed by atoms with E-state index in [0.29, 0.717) is 11.3 Å². The number of hydrogen-bond acceptors (Lipinski definition) is 9. The highest BCUT2D eigenvalue weighted by Gasteiger charge is 2.20. The Kier molecular flexibility index (Phi) is 4.22. The molecule has 0 aliphatic heterocycles. The van der Waals surface area contributed by atoms with Gasteiger partial charge < -0.3 is 10.4 Å². The normalized spacial score (nSPS) is 12.0. The molecule has 25 heavy (non-hydrogen) atoms. The third-order valence-electron chi connectivity index (χ3n) is 3.57. The highest BCUT2D eigenvalue weighted by Crippen LogP contribution is 2.29. The molecular weight excluding hydrogens is 334 g/mol. The lowest BCUT2D eigenvalue weighted by molar-refractivity contribution is -0.384. The van der Waals surface area contributed by atoms with Crippen LogP contribution in [0.5, 0.6) is 0 Å². The van der Waals surface area contributed by atoms with Crippen LogP contribution >= 0.6 is 0 Å². The minimum absolute atomic E-state index is 0.000161. The van der Waals surface area contributed by atoms with E-state index in [-0.39, 0.29) is 29.0 Å². The van der Waals surface area contributed by atoms with Crippen LogP contribution in [0.15, 0.2) is 41.0 Å². The fourth-order valence-corrected chi connectivity index (χ4v) is 2.29. The topological polar surface area (TPSA) is 157 Å². The Balaban J connectivity index is 1.76. The molecule has 1 aromatic heterocycles. The molecule has 0 saturated carbocycles. The van der Waals surface area contributed by atoms with E-state index in [1.165, 1.54) is 36.4 Å². The molecule has 11 heteroatoms. The largest absolute Gasteiger partial charge is 0.387 e. The maximum absolute atomic E-state index is 10.9. The number of nitro groups is 2. The first-order valence-electron chi connectivity index (χ1n) is 7.03. The summed E-state index contributed by atoms with van der Waals surface area (Å²) in [5, 5.41) is 41.8. The van der Waals surface area contributed by atoms with E-state index < -0.39 is 16.0 Å². The molecule has 128 valence electrons. The summed E-state index contributed by atoms with van der Waals surface area (Å²) in [6, 6.07) is 8.19. The summed E-state index contributed by atoms with van der Waals surface area (Å²) in [5.41, 5.74) is 0.745. The van der Waals surface area contributed by atoms with Crippen LogP contribution in [0, 0.1) is 20.2 Å². The van der Waals surface area contributed by atoms with Crippen molar-refractivity contribution < 1.29 is 19.6 Å². The first-order valence-corrected chi connectivity index (χ1v) is 7.03. The lowest BCUT2D eigenvalue weighted by atomic mass is 10.1. The number of aromatic nitrogens is 2. The van der Waals surface area contributed by atoms with Crippen molar-refractivity contribution in [1.82, 2.24) is 10.3 Å². The third-order valence-corrected chi connectivity index (χ3v) is 3.57. The van der Waals surface area contributed by atoms with Crippen LogP contribution in [-0.2, 0) is 0 Å². The summed E-state index contributed by atoms with van der Waals surface area (Å²) in [4.78, 5) is 20.4. The number of anilines is 1. The van der Waals surface area contributed by atoms with Crippen molar-refractivity contribution in [2.75, 3.05) is 11.9 Å². The van der Waals surface area contributed by atoms with Gasteiger partial charge in [0.1, 0.15) is 0 Å². The van der Waals surface area contributed by atoms with Crippen molar-refractivity contribution in [3.63, 3.8) is 0 Å².